The summed E-state index contributed by atoms with van der Waals surface area (Å²) in [5, 5.41) is 7.20. The molecule has 0 amide bonds. The van der Waals surface area contributed by atoms with Gasteiger partial charge in [0, 0.05) is 11.1 Å². The summed E-state index contributed by atoms with van der Waals surface area (Å²) >= 11 is 0. The highest BCUT2D eigenvalue weighted by atomic mass is 19.1. The summed E-state index contributed by atoms with van der Waals surface area (Å²) < 4.78 is 34.4. The van der Waals surface area contributed by atoms with Crippen molar-refractivity contribution in [2.45, 2.75) is 6.92 Å². The fraction of sp³-hybridized carbons (Fsp3) is 0.0833. The molecule has 5 nitrogen and oxygen atoms in total. The lowest BCUT2D eigenvalue weighted by molar-refractivity contribution is 0.309. The second-order valence-corrected chi connectivity index (χ2v) is 7.01. The molecule has 0 aliphatic rings. The summed E-state index contributed by atoms with van der Waals surface area (Å²) in [5.74, 6) is -0.605. The lowest BCUT2D eigenvalue weighted by Crippen LogP contribution is -2.01. The highest BCUT2D eigenvalue weighted by Gasteiger charge is 2.17. The predicted molar refractivity (Wildman–Crippen MR) is 115 cm³/mol. The molecular weight excluding hydrogens is 398 g/mol. The first-order chi connectivity index (χ1) is 15.1. The SMILES string of the molecule is CCOc1nc2ccc(-c3cn[nH]c3-c3ccc(F)cc3)cc2n1-c1ccc(F)cc1. The Kier molecular flexibility index (Phi) is 4.71. The monoisotopic (exact) mass is 416 g/mol. The van der Waals surface area contributed by atoms with Crippen LogP contribution in [0.5, 0.6) is 6.01 Å². The van der Waals surface area contributed by atoms with Crippen LogP contribution < -0.4 is 4.74 Å². The lowest BCUT2D eigenvalue weighted by atomic mass is 10.0. The number of aromatic nitrogens is 4. The van der Waals surface area contributed by atoms with Crippen LogP contribution in [0.4, 0.5) is 8.78 Å². The summed E-state index contributed by atoms with van der Waals surface area (Å²) in [6, 6.07) is 18.7. The highest BCUT2D eigenvalue weighted by molar-refractivity contribution is 5.88. The molecule has 7 heteroatoms. The van der Waals surface area contributed by atoms with Crippen molar-refractivity contribution in [1.29, 1.82) is 0 Å². The van der Waals surface area contributed by atoms with Gasteiger partial charge in [0.05, 0.1) is 35.2 Å². The Bertz CT molecular complexity index is 1360. The molecule has 0 saturated carbocycles. The average molecular weight is 416 g/mol. The van der Waals surface area contributed by atoms with Crippen molar-refractivity contribution in [2.24, 2.45) is 0 Å². The van der Waals surface area contributed by atoms with E-state index in [0.29, 0.717) is 12.6 Å². The van der Waals surface area contributed by atoms with E-state index in [1.807, 2.05) is 29.7 Å². The first-order valence-corrected chi connectivity index (χ1v) is 9.85. The molecule has 2 heterocycles. The minimum absolute atomic E-state index is 0.294. The molecule has 0 aliphatic carbocycles. The summed E-state index contributed by atoms with van der Waals surface area (Å²) in [7, 11) is 0. The van der Waals surface area contributed by atoms with Crippen molar-refractivity contribution in [2.75, 3.05) is 6.61 Å². The molecule has 0 spiro atoms. The molecule has 5 rings (SSSR count). The summed E-state index contributed by atoms with van der Waals surface area (Å²) in [5.41, 5.74) is 5.72. The van der Waals surface area contributed by atoms with Gasteiger partial charge in [-0.25, -0.2) is 8.78 Å². The van der Waals surface area contributed by atoms with E-state index in [1.54, 1.807) is 30.5 Å². The van der Waals surface area contributed by atoms with Crippen molar-refractivity contribution in [3.8, 4) is 34.1 Å². The average Bonchev–Trinajstić information content (AvgIpc) is 3.40. The Morgan fingerprint density at radius 1 is 0.903 bits per heavy atom. The second-order valence-electron chi connectivity index (χ2n) is 7.01. The topological polar surface area (TPSA) is 55.7 Å². The lowest BCUT2D eigenvalue weighted by Gasteiger charge is -2.10. The molecule has 154 valence electrons. The fourth-order valence-electron chi connectivity index (χ4n) is 3.63. The highest BCUT2D eigenvalue weighted by Crippen LogP contribution is 2.34. The van der Waals surface area contributed by atoms with Crippen LogP contribution in [0.2, 0.25) is 0 Å². The van der Waals surface area contributed by atoms with Gasteiger partial charge in [0.1, 0.15) is 11.6 Å². The Hall–Kier alpha value is -4.00. The molecule has 0 bridgehead atoms. The quantitative estimate of drug-likeness (QED) is 0.396. The molecule has 5 aromatic rings. The van der Waals surface area contributed by atoms with E-state index in [2.05, 4.69) is 15.2 Å². The maximum Gasteiger partial charge on any atom is 0.302 e. The van der Waals surface area contributed by atoms with Crippen LogP contribution in [-0.2, 0) is 0 Å². The Balaban J connectivity index is 1.67. The number of hydrogen-bond donors (Lipinski definition) is 1. The summed E-state index contributed by atoms with van der Waals surface area (Å²) in [4.78, 5) is 4.60. The molecule has 0 radical (unpaired) electrons. The molecule has 0 atom stereocenters. The minimum atomic E-state index is -0.311. The Labute approximate surface area is 176 Å². The van der Waals surface area contributed by atoms with E-state index < -0.39 is 0 Å². The van der Waals surface area contributed by atoms with Crippen LogP contribution in [0, 0.1) is 11.6 Å². The van der Waals surface area contributed by atoms with Gasteiger partial charge in [-0.2, -0.15) is 10.1 Å². The third-order valence-electron chi connectivity index (χ3n) is 5.07. The van der Waals surface area contributed by atoms with Crippen molar-refractivity contribution in [3.63, 3.8) is 0 Å². The third kappa shape index (κ3) is 3.44. The molecule has 2 aromatic heterocycles. The van der Waals surface area contributed by atoms with Crippen molar-refractivity contribution in [1.82, 2.24) is 19.7 Å². The number of aromatic amines is 1. The van der Waals surface area contributed by atoms with Gasteiger partial charge in [-0.3, -0.25) is 9.67 Å². The number of benzene rings is 3. The summed E-state index contributed by atoms with van der Waals surface area (Å²) in [6.07, 6.45) is 1.74. The van der Waals surface area contributed by atoms with E-state index in [9.17, 15) is 8.78 Å². The van der Waals surface area contributed by atoms with E-state index in [4.69, 9.17) is 4.74 Å². The molecule has 0 saturated heterocycles. The van der Waals surface area contributed by atoms with Crippen LogP contribution in [0.3, 0.4) is 0 Å². The van der Waals surface area contributed by atoms with Gasteiger partial charge < -0.3 is 4.74 Å². The third-order valence-corrected chi connectivity index (χ3v) is 5.07. The van der Waals surface area contributed by atoms with Gasteiger partial charge in [0.15, 0.2) is 0 Å². The van der Waals surface area contributed by atoms with Gasteiger partial charge in [0.25, 0.3) is 0 Å². The fourth-order valence-corrected chi connectivity index (χ4v) is 3.63. The number of hydrogen-bond acceptors (Lipinski definition) is 3. The van der Waals surface area contributed by atoms with Gasteiger partial charge in [-0.05, 0) is 73.2 Å². The zero-order valence-electron chi connectivity index (χ0n) is 16.6. The van der Waals surface area contributed by atoms with Crippen LogP contribution in [-0.4, -0.2) is 26.4 Å². The van der Waals surface area contributed by atoms with Crippen LogP contribution in [0.15, 0.2) is 72.9 Å². The smallest absolute Gasteiger partial charge is 0.302 e. The standard InChI is InChI=1S/C24H18F2N4O/c1-2-31-24-28-21-12-5-16(13-22(21)30(24)19-10-8-18(26)9-11-19)20-14-27-29-23(20)15-3-6-17(25)7-4-15/h3-14H,2H2,1H3,(H,27,29). The van der Waals surface area contributed by atoms with Crippen molar-refractivity contribution in [3.05, 3.63) is 84.6 Å². The molecule has 1 N–H and O–H groups in total. The van der Waals surface area contributed by atoms with Crippen molar-refractivity contribution >= 4 is 11.0 Å². The van der Waals surface area contributed by atoms with Gasteiger partial charge in [-0.1, -0.05) is 6.07 Å². The number of imidazole rings is 1. The van der Waals surface area contributed by atoms with Crippen LogP contribution >= 0.6 is 0 Å². The van der Waals surface area contributed by atoms with E-state index >= 15 is 0 Å². The Morgan fingerprint density at radius 2 is 1.58 bits per heavy atom. The zero-order valence-corrected chi connectivity index (χ0v) is 16.6. The second kappa shape index (κ2) is 7.68. The Morgan fingerprint density at radius 3 is 2.29 bits per heavy atom. The minimum Gasteiger partial charge on any atom is -0.465 e. The van der Waals surface area contributed by atoms with E-state index in [1.165, 1.54) is 24.3 Å². The number of nitrogens with zero attached hydrogens (tertiary/aromatic N) is 3. The molecule has 3 aromatic carbocycles. The zero-order chi connectivity index (χ0) is 21.4. The first kappa shape index (κ1) is 19.0. The molecular formula is C24H18F2N4O. The molecule has 0 fully saturated rings. The number of H-pyrrole nitrogens is 1. The molecule has 0 aliphatic heterocycles. The molecule has 0 unspecified atom stereocenters. The van der Waals surface area contributed by atoms with Gasteiger partial charge >= 0.3 is 6.01 Å². The maximum absolute atomic E-state index is 13.5. The predicted octanol–water partition coefficient (Wildman–Crippen LogP) is 5.76. The molecule has 31 heavy (non-hydrogen) atoms. The largest absolute Gasteiger partial charge is 0.465 e. The van der Waals surface area contributed by atoms with Crippen molar-refractivity contribution < 1.29 is 13.5 Å². The maximum atomic E-state index is 13.5. The van der Waals surface area contributed by atoms with Gasteiger partial charge in [-0.15, -0.1) is 0 Å². The number of fused-ring (bicyclic) bond motifs is 1. The number of nitrogens with one attached hydrogen (secondary N) is 1. The van der Waals surface area contributed by atoms with Gasteiger partial charge in [0.2, 0.25) is 0 Å². The van der Waals surface area contributed by atoms with E-state index in [0.717, 1.165) is 39.1 Å². The first-order valence-electron chi connectivity index (χ1n) is 9.85. The number of ether oxygens (including phenoxy) is 1. The van der Waals surface area contributed by atoms with Crippen LogP contribution in [0.25, 0.3) is 39.1 Å². The van der Waals surface area contributed by atoms with Crippen LogP contribution in [0.1, 0.15) is 6.92 Å². The number of halogens is 2. The normalized spacial score (nSPS) is 11.2. The summed E-state index contributed by atoms with van der Waals surface area (Å²) in [6.45, 7) is 2.34. The van der Waals surface area contributed by atoms with E-state index in [-0.39, 0.29) is 11.6 Å². The number of rotatable bonds is 5.